The fourth-order valence-electron chi connectivity index (χ4n) is 1.99. The standard InChI is InChI=1S/C14H16FNO2S/c1-8(2)6-16-7-9-12-10(15)4-3-5-11(12)19-13(9)14(17)18/h3-5,8,16H,6-7H2,1-2H3,(H,17,18). The second-order valence-electron chi connectivity index (χ2n) is 4.85. The second-order valence-corrected chi connectivity index (χ2v) is 5.90. The van der Waals surface area contributed by atoms with Crippen LogP contribution < -0.4 is 5.32 Å². The van der Waals surface area contributed by atoms with E-state index in [0.29, 0.717) is 28.1 Å². The maximum absolute atomic E-state index is 13.9. The summed E-state index contributed by atoms with van der Waals surface area (Å²) in [5.74, 6) is -0.896. The zero-order valence-corrected chi connectivity index (χ0v) is 11.7. The third kappa shape index (κ3) is 2.93. The molecule has 0 spiro atoms. The number of carbonyl (C=O) groups is 1. The van der Waals surface area contributed by atoms with Gasteiger partial charge in [0.2, 0.25) is 0 Å². The number of fused-ring (bicyclic) bond motifs is 1. The van der Waals surface area contributed by atoms with Crippen molar-refractivity contribution in [1.29, 1.82) is 0 Å². The van der Waals surface area contributed by atoms with Gasteiger partial charge in [0.15, 0.2) is 0 Å². The Morgan fingerprint density at radius 3 is 2.84 bits per heavy atom. The first-order valence-corrected chi connectivity index (χ1v) is 6.96. The van der Waals surface area contributed by atoms with Crippen LogP contribution in [0.3, 0.4) is 0 Å². The number of rotatable bonds is 5. The monoisotopic (exact) mass is 281 g/mol. The molecule has 2 rings (SSSR count). The van der Waals surface area contributed by atoms with Gasteiger partial charge in [0.25, 0.3) is 0 Å². The molecule has 0 bridgehead atoms. The molecule has 3 nitrogen and oxygen atoms in total. The lowest BCUT2D eigenvalue weighted by Crippen LogP contribution is -2.20. The van der Waals surface area contributed by atoms with Crippen molar-refractivity contribution in [3.8, 4) is 0 Å². The molecule has 19 heavy (non-hydrogen) atoms. The number of benzene rings is 1. The van der Waals surface area contributed by atoms with Crippen LogP contribution in [-0.2, 0) is 6.54 Å². The van der Waals surface area contributed by atoms with Crippen LogP contribution >= 0.6 is 11.3 Å². The molecule has 0 unspecified atom stereocenters. The lowest BCUT2D eigenvalue weighted by molar-refractivity contribution is 0.0701. The van der Waals surface area contributed by atoms with E-state index in [9.17, 15) is 14.3 Å². The molecular formula is C14H16FNO2S. The van der Waals surface area contributed by atoms with Gasteiger partial charge in [-0.3, -0.25) is 0 Å². The number of carboxylic acids is 1. The molecule has 1 aromatic carbocycles. The van der Waals surface area contributed by atoms with Crippen molar-refractivity contribution in [2.45, 2.75) is 20.4 Å². The van der Waals surface area contributed by atoms with Gasteiger partial charge in [-0.2, -0.15) is 0 Å². The normalized spacial score (nSPS) is 11.4. The van der Waals surface area contributed by atoms with Crippen LogP contribution in [0.2, 0.25) is 0 Å². The first-order valence-electron chi connectivity index (χ1n) is 6.14. The highest BCUT2D eigenvalue weighted by Gasteiger charge is 2.19. The maximum atomic E-state index is 13.9. The average molecular weight is 281 g/mol. The molecule has 1 heterocycles. The number of hydrogen-bond acceptors (Lipinski definition) is 3. The van der Waals surface area contributed by atoms with E-state index >= 15 is 0 Å². The van der Waals surface area contributed by atoms with Gasteiger partial charge < -0.3 is 10.4 Å². The van der Waals surface area contributed by atoms with Crippen LogP contribution in [0.15, 0.2) is 18.2 Å². The molecule has 102 valence electrons. The topological polar surface area (TPSA) is 49.3 Å². The number of nitrogens with one attached hydrogen (secondary N) is 1. The van der Waals surface area contributed by atoms with Gasteiger partial charge >= 0.3 is 5.97 Å². The molecule has 5 heteroatoms. The first kappa shape index (κ1) is 14.0. The summed E-state index contributed by atoms with van der Waals surface area (Å²) < 4.78 is 14.6. The van der Waals surface area contributed by atoms with E-state index in [2.05, 4.69) is 19.2 Å². The van der Waals surface area contributed by atoms with Gasteiger partial charge in [0.05, 0.1) is 0 Å². The molecule has 0 aliphatic heterocycles. The summed E-state index contributed by atoms with van der Waals surface area (Å²) in [7, 11) is 0. The summed E-state index contributed by atoms with van der Waals surface area (Å²) in [5, 5.41) is 12.8. The van der Waals surface area contributed by atoms with Crippen LogP contribution in [0, 0.1) is 11.7 Å². The molecule has 0 saturated heterocycles. The third-order valence-electron chi connectivity index (χ3n) is 2.81. The van der Waals surface area contributed by atoms with Crippen molar-refractivity contribution in [3.05, 3.63) is 34.5 Å². The zero-order valence-electron chi connectivity index (χ0n) is 10.9. The van der Waals surface area contributed by atoms with Crippen molar-refractivity contribution in [3.63, 3.8) is 0 Å². The predicted molar refractivity (Wildman–Crippen MR) is 75.3 cm³/mol. The van der Waals surface area contributed by atoms with Gasteiger partial charge in [-0.1, -0.05) is 19.9 Å². The van der Waals surface area contributed by atoms with Crippen LogP contribution in [0.1, 0.15) is 29.1 Å². The molecule has 0 saturated carbocycles. The molecule has 0 aliphatic carbocycles. The van der Waals surface area contributed by atoms with E-state index in [1.807, 2.05) is 0 Å². The summed E-state index contributed by atoms with van der Waals surface area (Å²) in [6, 6.07) is 4.72. The molecule has 0 atom stereocenters. The maximum Gasteiger partial charge on any atom is 0.346 e. The summed E-state index contributed by atoms with van der Waals surface area (Å²) in [5.41, 5.74) is 0.547. The fraction of sp³-hybridized carbons (Fsp3) is 0.357. The minimum atomic E-state index is -0.998. The summed E-state index contributed by atoms with van der Waals surface area (Å²) in [6.07, 6.45) is 0. The minimum Gasteiger partial charge on any atom is -0.477 e. The quantitative estimate of drug-likeness (QED) is 0.882. The van der Waals surface area contributed by atoms with Crippen LogP contribution in [0.5, 0.6) is 0 Å². The Bertz CT molecular complexity index is 607. The lowest BCUT2D eigenvalue weighted by atomic mass is 10.1. The number of carboxylic acid groups (broad SMARTS) is 1. The Morgan fingerprint density at radius 1 is 1.47 bits per heavy atom. The van der Waals surface area contributed by atoms with Crippen molar-refractivity contribution >= 4 is 27.4 Å². The Balaban J connectivity index is 2.43. The molecular weight excluding hydrogens is 265 g/mol. The molecule has 0 aliphatic rings. The van der Waals surface area contributed by atoms with E-state index in [4.69, 9.17) is 0 Å². The minimum absolute atomic E-state index is 0.219. The van der Waals surface area contributed by atoms with Crippen molar-refractivity contribution < 1.29 is 14.3 Å². The Kier molecular flexibility index (Phi) is 4.17. The molecule has 0 radical (unpaired) electrons. The SMILES string of the molecule is CC(C)CNCc1c(C(=O)O)sc2cccc(F)c12. The van der Waals surface area contributed by atoms with E-state index in [-0.39, 0.29) is 10.7 Å². The molecule has 2 N–H and O–H groups in total. The molecule has 2 aromatic rings. The van der Waals surface area contributed by atoms with Crippen molar-refractivity contribution in [1.82, 2.24) is 5.32 Å². The average Bonchev–Trinajstić information content (AvgIpc) is 2.69. The number of hydrogen-bond donors (Lipinski definition) is 2. The number of aromatic carboxylic acids is 1. The number of halogens is 1. The molecule has 0 fully saturated rings. The summed E-state index contributed by atoms with van der Waals surface area (Å²) in [4.78, 5) is 11.5. The highest BCUT2D eigenvalue weighted by molar-refractivity contribution is 7.21. The highest BCUT2D eigenvalue weighted by atomic mass is 32.1. The van der Waals surface area contributed by atoms with Gasteiger partial charge in [-0.25, -0.2) is 9.18 Å². The Labute approximate surface area is 115 Å². The Morgan fingerprint density at radius 2 is 2.21 bits per heavy atom. The third-order valence-corrected chi connectivity index (χ3v) is 4.00. The second kappa shape index (κ2) is 5.67. The van der Waals surface area contributed by atoms with Gasteiger partial charge in [0.1, 0.15) is 10.7 Å². The van der Waals surface area contributed by atoms with Gasteiger partial charge in [-0.05, 0) is 24.6 Å². The lowest BCUT2D eigenvalue weighted by Gasteiger charge is -2.08. The van der Waals surface area contributed by atoms with E-state index in [0.717, 1.165) is 17.9 Å². The smallest absolute Gasteiger partial charge is 0.346 e. The fourth-order valence-corrected chi connectivity index (χ4v) is 3.07. The molecule has 0 amide bonds. The highest BCUT2D eigenvalue weighted by Crippen LogP contribution is 2.33. The van der Waals surface area contributed by atoms with E-state index in [1.54, 1.807) is 12.1 Å². The van der Waals surface area contributed by atoms with Crippen LogP contribution in [0.4, 0.5) is 4.39 Å². The van der Waals surface area contributed by atoms with Crippen LogP contribution in [-0.4, -0.2) is 17.6 Å². The van der Waals surface area contributed by atoms with Gasteiger partial charge in [-0.15, -0.1) is 11.3 Å². The van der Waals surface area contributed by atoms with Crippen LogP contribution in [0.25, 0.3) is 10.1 Å². The van der Waals surface area contributed by atoms with Crippen molar-refractivity contribution in [2.75, 3.05) is 6.54 Å². The van der Waals surface area contributed by atoms with E-state index in [1.165, 1.54) is 6.07 Å². The van der Waals surface area contributed by atoms with Crippen molar-refractivity contribution in [2.24, 2.45) is 5.92 Å². The largest absolute Gasteiger partial charge is 0.477 e. The zero-order chi connectivity index (χ0) is 14.0. The summed E-state index contributed by atoms with van der Waals surface area (Å²) >= 11 is 1.13. The predicted octanol–water partition coefficient (Wildman–Crippen LogP) is 3.48. The van der Waals surface area contributed by atoms with Gasteiger partial charge in [0, 0.05) is 22.2 Å². The Hall–Kier alpha value is -1.46. The van der Waals surface area contributed by atoms with E-state index < -0.39 is 5.97 Å². The number of thiophene rings is 1. The first-order chi connectivity index (χ1) is 9.00. The molecule has 1 aromatic heterocycles. The summed E-state index contributed by atoms with van der Waals surface area (Å²) in [6.45, 7) is 5.28.